The van der Waals surface area contributed by atoms with Crippen molar-refractivity contribution in [3.63, 3.8) is 0 Å². The Balaban J connectivity index is 1.32. The van der Waals surface area contributed by atoms with Crippen LogP contribution in [0.25, 0.3) is 21.2 Å². The number of piperidine rings is 1. The molecule has 0 spiro atoms. The molecule has 25 heavy (non-hydrogen) atoms. The van der Waals surface area contributed by atoms with Crippen molar-refractivity contribution < 1.29 is 4.79 Å². The number of pyridine rings is 1. The largest absolute Gasteiger partial charge is 0.306 e. The van der Waals surface area contributed by atoms with Crippen LogP contribution in [0.4, 0.5) is 5.13 Å². The third-order valence-electron chi connectivity index (χ3n) is 5.34. The number of thiazole rings is 1. The first kappa shape index (κ1) is 15.0. The molecule has 5 nitrogen and oxygen atoms in total. The van der Waals surface area contributed by atoms with Crippen molar-refractivity contribution in [1.29, 1.82) is 0 Å². The maximum atomic E-state index is 12.4. The average Bonchev–Trinajstić information content (AvgIpc) is 2.96. The van der Waals surface area contributed by atoms with Gasteiger partial charge < -0.3 is 10.2 Å². The monoisotopic (exact) mass is 350 g/mol. The Morgan fingerprint density at radius 3 is 2.88 bits per heavy atom. The molecule has 5 rings (SSSR count). The summed E-state index contributed by atoms with van der Waals surface area (Å²) in [5, 5.41) is 5.98. The van der Waals surface area contributed by atoms with Gasteiger partial charge in [-0.15, -0.1) is 0 Å². The number of likely N-dealkylation sites (tertiary alicyclic amines) is 1. The quantitative estimate of drug-likeness (QED) is 0.789. The van der Waals surface area contributed by atoms with E-state index in [2.05, 4.69) is 45.4 Å². The number of benzene rings is 1. The minimum absolute atomic E-state index is 0.133. The summed E-state index contributed by atoms with van der Waals surface area (Å²) in [7, 11) is 2.12. The van der Waals surface area contributed by atoms with Gasteiger partial charge in [-0.1, -0.05) is 23.5 Å². The van der Waals surface area contributed by atoms with E-state index in [9.17, 15) is 4.79 Å². The zero-order valence-electron chi connectivity index (χ0n) is 13.8. The van der Waals surface area contributed by atoms with E-state index in [1.54, 1.807) is 6.20 Å². The summed E-state index contributed by atoms with van der Waals surface area (Å²) in [6.07, 6.45) is 5.50. The Bertz CT molecular complexity index is 957. The van der Waals surface area contributed by atoms with Gasteiger partial charge in [-0.05, 0) is 42.0 Å². The molecule has 1 amide bonds. The predicted molar refractivity (Wildman–Crippen MR) is 99.4 cm³/mol. The molecule has 1 aromatic carbocycles. The number of nitrogens with zero attached hydrogens (tertiary/aromatic N) is 3. The number of nitrogens with one attached hydrogen (secondary N) is 1. The summed E-state index contributed by atoms with van der Waals surface area (Å²) in [6.45, 7) is 2.08. The van der Waals surface area contributed by atoms with Gasteiger partial charge in [-0.2, -0.15) is 0 Å². The Kier molecular flexibility index (Phi) is 3.36. The van der Waals surface area contributed by atoms with E-state index < -0.39 is 0 Å². The molecular formula is C19H18N4OS. The SMILES string of the molecule is CN1C[C@@H]2C(C(=O)Nc3ncc(-c4ccc5cnccc5c4)s3)[C@@H]2C1. The molecule has 1 unspecified atom stereocenters. The first-order chi connectivity index (χ1) is 12.2. The predicted octanol–water partition coefficient (Wildman–Crippen LogP) is 3.10. The molecule has 2 aromatic heterocycles. The van der Waals surface area contributed by atoms with Crippen LogP contribution in [0.1, 0.15) is 0 Å². The van der Waals surface area contributed by atoms with E-state index in [-0.39, 0.29) is 11.8 Å². The standard InChI is InChI=1S/C19H18N4OS/c1-23-9-14-15(10-23)17(14)18(24)22-19-21-8-16(25-19)12-2-3-13-7-20-5-4-11(13)6-12/h2-8,14-15,17H,9-10H2,1H3,(H,21,22,24)/t14-,15+,17?. The van der Waals surface area contributed by atoms with Crippen LogP contribution < -0.4 is 5.32 Å². The Labute approximate surface area is 149 Å². The van der Waals surface area contributed by atoms with Crippen molar-refractivity contribution in [2.75, 3.05) is 25.5 Å². The lowest BCUT2D eigenvalue weighted by Gasteiger charge is -2.12. The first-order valence-electron chi connectivity index (χ1n) is 8.48. The second-order valence-corrected chi connectivity index (χ2v) is 8.06. The van der Waals surface area contributed by atoms with E-state index in [1.165, 1.54) is 11.3 Å². The summed E-state index contributed by atoms with van der Waals surface area (Å²) in [4.78, 5) is 24.3. The first-order valence-corrected chi connectivity index (χ1v) is 9.30. The van der Waals surface area contributed by atoms with Gasteiger partial charge in [0.05, 0.1) is 4.88 Å². The average molecular weight is 350 g/mol. The maximum Gasteiger partial charge on any atom is 0.229 e. The fourth-order valence-electron chi connectivity index (χ4n) is 4.02. The highest BCUT2D eigenvalue weighted by molar-refractivity contribution is 7.19. The van der Waals surface area contributed by atoms with Gasteiger partial charge >= 0.3 is 0 Å². The number of rotatable bonds is 3. The molecule has 1 saturated heterocycles. The van der Waals surface area contributed by atoms with E-state index in [4.69, 9.17) is 0 Å². The van der Waals surface area contributed by atoms with Gasteiger partial charge in [0, 0.05) is 43.0 Å². The number of hydrogen-bond donors (Lipinski definition) is 1. The molecule has 3 heterocycles. The zero-order valence-corrected chi connectivity index (χ0v) is 14.7. The summed E-state index contributed by atoms with van der Waals surface area (Å²) in [5.41, 5.74) is 1.11. The molecule has 1 saturated carbocycles. The smallest absolute Gasteiger partial charge is 0.229 e. The van der Waals surface area contributed by atoms with Crippen molar-refractivity contribution in [3.8, 4) is 10.4 Å². The van der Waals surface area contributed by atoms with Gasteiger partial charge in [-0.3, -0.25) is 9.78 Å². The minimum atomic E-state index is 0.133. The van der Waals surface area contributed by atoms with Gasteiger partial charge in [-0.25, -0.2) is 4.98 Å². The highest BCUT2D eigenvalue weighted by Gasteiger charge is 2.58. The number of carbonyl (C=O) groups is 1. The highest BCUT2D eigenvalue weighted by atomic mass is 32.1. The van der Waals surface area contributed by atoms with E-state index in [1.807, 2.05) is 18.5 Å². The van der Waals surface area contributed by atoms with Crippen LogP contribution in [0.5, 0.6) is 0 Å². The van der Waals surface area contributed by atoms with Gasteiger partial charge in [0.25, 0.3) is 0 Å². The van der Waals surface area contributed by atoms with Crippen LogP contribution in [-0.2, 0) is 4.79 Å². The molecule has 3 aromatic rings. The fourth-order valence-corrected chi connectivity index (χ4v) is 4.83. The normalized spacial score (nSPS) is 25.1. The molecule has 0 bridgehead atoms. The van der Waals surface area contributed by atoms with E-state index in [0.717, 1.165) is 34.3 Å². The van der Waals surface area contributed by atoms with Crippen molar-refractivity contribution >= 4 is 33.1 Å². The topological polar surface area (TPSA) is 58.1 Å². The third-order valence-corrected chi connectivity index (χ3v) is 6.30. The number of amides is 1. The fraction of sp³-hybridized carbons (Fsp3) is 0.316. The lowest BCUT2D eigenvalue weighted by molar-refractivity contribution is -0.118. The Morgan fingerprint density at radius 2 is 2.04 bits per heavy atom. The zero-order chi connectivity index (χ0) is 17.0. The number of carbonyl (C=O) groups excluding carboxylic acids is 1. The molecule has 6 heteroatoms. The summed E-state index contributed by atoms with van der Waals surface area (Å²) < 4.78 is 0. The van der Waals surface area contributed by atoms with Crippen LogP contribution in [0, 0.1) is 17.8 Å². The van der Waals surface area contributed by atoms with Crippen molar-refractivity contribution in [3.05, 3.63) is 42.9 Å². The summed E-state index contributed by atoms with van der Waals surface area (Å²) in [5.74, 6) is 1.39. The van der Waals surface area contributed by atoms with Crippen LogP contribution in [-0.4, -0.2) is 40.9 Å². The maximum absolute atomic E-state index is 12.4. The summed E-state index contributed by atoms with van der Waals surface area (Å²) in [6, 6.07) is 8.28. The molecule has 1 aliphatic carbocycles. The molecule has 1 aliphatic heterocycles. The second-order valence-electron chi connectivity index (χ2n) is 7.03. The molecule has 126 valence electrons. The molecule has 3 atom stereocenters. The molecule has 1 N–H and O–H groups in total. The van der Waals surface area contributed by atoms with Crippen LogP contribution in [0.2, 0.25) is 0 Å². The van der Waals surface area contributed by atoms with Crippen molar-refractivity contribution in [2.45, 2.75) is 0 Å². The van der Waals surface area contributed by atoms with Gasteiger partial charge in [0.2, 0.25) is 5.91 Å². The van der Waals surface area contributed by atoms with E-state index >= 15 is 0 Å². The lowest BCUT2D eigenvalue weighted by Crippen LogP contribution is -2.25. The number of aromatic nitrogens is 2. The van der Waals surface area contributed by atoms with Crippen molar-refractivity contribution in [2.24, 2.45) is 17.8 Å². The minimum Gasteiger partial charge on any atom is -0.306 e. The second kappa shape index (κ2) is 5.61. The van der Waals surface area contributed by atoms with Crippen molar-refractivity contribution in [1.82, 2.24) is 14.9 Å². The number of fused-ring (bicyclic) bond motifs is 2. The molecule has 2 aliphatic rings. The third kappa shape index (κ3) is 2.62. The van der Waals surface area contributed by atoms with Crippen LogP contribution in [0.3, 0.4) is 0 Å². The van der Waals surface area contributed by atoms with Crippen LogP contribution in [0.15, 0.2) is 42.9 Å². The van der Waals surface area contributed by atoms with Gasteiger partial charge in [0.1, 0.15) is 0 Å². The van der Waals surface area contributed by atoms with Gasteiger partial charge in [0.15, 0.2) is 5.13 Å². The van der Waals surface area contributed by atoms with Crippen LogP contribution >= 0.6 is 11.3 Å². The number of anilines is 1. The Hall–Kier alpha value is -2.31. The van der Waals surface area contributed by atoms with E-state index in [0.29, 0.717) is 17.0 Å². The number of hydrogen-bond acceptors (Lipinski definition) is 5. The molecular weight excluding hydrogens is 332 g/mol. The highest BCUT2D eigenvalue weighted by Crippen LogP contribution is 2.51. The lowest BCUT2D eigenvalue weighted by atomic mass is 10.1. The molecule has 0 radical (unpaired) electrons. The molecule has 2 fully saturated rings. The Morgan fingerprint density at radius 1 is 1.20 bits per heavy atom. The summed E-state index contributed by atoms with van der Waals surface area (Å²) >= 11 is 1.53.